The molecule has 1 aromatic rings. The zero-order valence-electron chi connectivity index (χ0n) is 16.1. The molecule has 4 rings (SSSR count). The van der Waals surface area contributed by atoms with Crippen LogP contribution in [0.15, 0.2) is 24.3 Å². The topological polar surface area (TPSA) is 135 Å². The van der Waals surface area contributed by atoms with Crippen LogP contribution in [-0.4, -0.2) is 64.8 Å². The van der Waals surface area contributed by atoms with E-state index in [1.165, 1.54) is 4.90 Å². The van der Waals surface area contributed by atoms with E-state index in [-0.39, 0.29) is 6.42 Å². The molecular weight excluding hydrogens is 376 g/mol. The number of hydrogen-bond acceptors (Lipinski definition) is 7. The number of Topliss-reactive ketones (excluding diaryl/α,β-unsaturated/α-hetero) is 4. The summed E-state index contributed by atoms with van der Waals surface area (Å²) in [5.74, 6) is -9.03. The molecule has 6 atom stereocenters. The van der Waals surface area contributed by atoms with Gasteiger partial charge in [-0.3, -0.25) is 28.9 Å². The molecule has 1 amide bonds. The van der Waals surface area contributed by atoms with Crippen molar-refractivity contribution in [1.82, 2.24) is 4.90 Å². The maximum absolute atomic E-state index is 13.4. The summed E-state index contributed by atoms with van der Waals surface area (Å²) >= 11 is 0. The molecular formula is C21H22N2O6. The fraction of sp³-hybridized carbons (Fsp3) is 0.476. The van der Waals surface area contributed by atoms with Crippen molar-refractivity contribution >= 4 is 29.0 Å². The number of nitrogens with zero attached hydrogens (tertiary/aromatic N) is 1. The highest BCUT2D eigenvalue weighted by Crippen LogP contribution is 2.49. The van der Waals surface area contributed by atoms with E-state index in [9.17, 15) is 29.1 Å². The van der Waals surface area contributed by atoms with Gasteiger partial charge in [-0.05, 0) is 38.4 Å². The SMILES string of the molecule is CN(C)C1C(=O)C(C(N)=O)C(=O)C2(O)C(=O)C3C(=O)c4ccccc4CC3CC12. The number of rotatable bonds is 2. The minimum absolute atomic E-state index is 0.138. The molecule has 0 spiro atoms. The van der Waals surface area contributed by atoms with E-state index in [1.807, 2.05) is 6.07 Å². The van der Waals surface area contributed by atoms with E-state index in [0.717, 1.165) is 5.56 Å². The van der Waals surface area contributed by atoms with Gasteiger partial charge < -0.3 is 10.8 Å². The number of fused-ring (bicyclic) bond motifs is 3. The van der Waals surface area contributed by atoms with Crippen molar-refractivity contribution in [2.24, 2.45) is 29.4 Å². The number of amides is 1. The van der Waals surface area contributed by atoms with Crippen LogP contribution in [0.25, 0.3) is 0 Å². The second-order valence-corrected chi connectivity index (χ2v) is 8.45. The number of aliphatic hydroxyl groups is 1. The molecule has 3 aliphatic carbocycles. The van der Waals surface area contributed by atoms with Crippen LogP contribution in [0.5, 0.6) is 0 Å². The third kappa shape index (κ3) is 2.49. The molecule has 0 aliphatic heterocycles. The van der Waals surface area contributed by atoms with Gasteiger partial charge in [0, 0.05) is 11.5 Å². The smallest absolute Gasteiger partial charge is 0.235 e. The van der Waals surface area contributed by atoms with Crippen molar-refractivity contribution < 1.29 is 29.1 Å². The third-order valence-corrected chi connectivity index (χ3v) is 6.71. The van der Waals surface area contributed by atoms with Crippen LogP contribution >= 0.6 is 0 Å². The van der Waals surface area contributed by atoms with Crippen molar-refractivity contribution in [2.75, 3.05) is 14.1 Å². The van der Waals surface area contributed by atoms with Gasteiger partial charge in [0.15, 0.2) is 34.7 Å². The molecule has 6 unspecified atom stereocenters. The fourth-order valence-corrected chi connectivity index (χ4v) is 5.45. The maximum Gasteiger partial charge on any atom is 0.235 e. The Morgan fingerprint density at radius 1 is 1.14 bits per heavy atom. The van der Waals surface area contributed by atoms with Gasteiger partial charge in [-0.15, -0.1) is 0 Å². The number of likely N-dealkylation sites (N-methyl/N-ethyl adjacent to an activating group) is 1. The Kier molecular flexibility index (Phi) is 4.32. The second kappa shape index (κ2) is 6.40. The van der Waals surface area contributed by atoms with Gasteiger partial charge in [0.1, 0.15) is 0 Å². The predicted molar refractivity (Wildman–Crippen MR) is 99.7 cm³/mol. The van der Waals surface area contributed by atoms with E-state index < -0.39 is 64.4 Å². The van der Waals surface area contributed by atoms with Crippen LogP contribution in [0.1, 0.15) is 22.3 Å². The predicted octanol–water partition coefficient (Wildman–Crippen LogP) is -0.839. The Balaban J connectivity index is 1.86. The van der Waals surface area contributed by atoms with Crippen molar-refractivity contribution in [3.63, 3.8) is 0 Å². The Hall–Kier alpha value is -2.71. The summed E-state index contributed by atoms with van der Waals surface area (Å²) in [5, 5.41) is 11.4. The summed E-state index contributed by atoms with van der Waals surface area (Å²) in [6.45, 7) is 0. The minimum Gasteiger partial charge on any atom is -0.374 e. The first-order chi connectivity index (χ1) is 13.6. The number of benzene rings is 1. The zero-order chi connectivity index (χ0) is 21.2. The summed E-state index contributed by atoms with van der Waals surface area (Å²) in [7, 11) is 3.16. The first-order valence-corrected chi connectivity index (χ1v) is 9.53. The minimum atomic E-state index is -2.59. The van der Waals surface area contributed by atoms with Gasteiger partial charge in [-0.1, -0.05) is 24.3 Å². The average molecular weight is 398 g/mol. The van der Waals surface area contributed by atoms with Gasteiger partial charge >= 0.3 is 0 Å². The molecule has 0 radical (unpaired) electrons. The summed E-state index contributed by atoms with van der Waals surface area (Å²) in [6.07, 6.45) is 0.575. The molecule has 3 N–H and O–H groups in total. The molecule has 1 aromatic carbocycles. The molecule has 152 valence electrons. The fourth-order valence-electron chi connectivity index (χ4n) is 5.45. The van der Waals surface area contributed by atoms with Gasteiger partial charge in [-0.2, -0.15) is 0 Å². The van der Waals surface area contributed by atoms with Crippen molar-refractivity contribution in [2.45, 2.75) is 24.5 Å². The summed E-state index contributed by atoms with van der Waals surface area (Å²) in [5.41, 5.74) is 3.89. The van der Waals surface area contributed by atoms with Crippen LogP contribution in [0.3, 0.4) is 0 Å². The molecule has 0 heterocycles. The summed E-state index contributed by atoms with van der Waals surface area (Å²) in [4.78, 5) is 65.7. The maximum atomic E-state index is 13.4. The van der Waals surface area contributed by atoms with Crippen LogP contribution in [0, 0.1) is 23.7 Å². The number of ketones is 4. The molecule has 29 heavy (non-hydrogen) atoms. The number of primary amides is 1. The van der Waals surface area contributed by atoms with Gasteiger partial charge in [0.2, 0.25) is 5.91 Å². The highest BCUT2D eigenvalue weighted by molar-refractivity contribution is 6.32. The lowest BCUT2D eigenvalue weighted by Gasteiger charge is -2.52. The van der Waals surface area contributed by atoms with Crippen molar-refractivity contribution in [3.05, 3.63) is 35.4 Å². The molecule has 3 aliphatic rings. The molecule has 8 nitrogen and oxygen atoms in total. The van der Waals surface area contributed by atoms with E-state index in [0.29, 0.717) is 12.0 Å². The molecule has 8 heteroatoms. The van der Waals surface area contributed by atoms with Crippen LogP contribution < -0.4 is 5.73 Å². The summed E-state index contributed by atoms with van der Waals surface area (Å²) < 4.78 is 0. The first kappa shape index (κ1) is 19.6. The number of nitrogens with two attached hydrogens (primary N) is 1. The van der Waals surface area contributed by atoms with Crippen LogP contribution in [0.4, 0.5) is 0 Å². The number of hydrogen-bond donors (Lipinski definition) is 2. The molecule has 0 aromatic heterocycles. The Labute approximate surface area is 167 Å². The van der Waals surface area contributed by atoms with Gasteiger partial charge in [0.25, 0.3) is 0 Å². The lowest BCUT2D eigenvalue weighted by Crippen LogP contribution is -2.74. The van der Waals surface area contributed by atoms with Crippen molar-refractivity contribution in [3.8, 4) is 0 Å². The lowest BCUT2D eigenvalue weighted by molar-refractivity contribution is -0.181. The summed E-state index contributed by atoms with van der Waals surface area (Å²) in [6, 6.07) is 5.91. The Bertz CT molecular complexity index is 970. The largest absolute Gasteiger partial charge is 0.374 e. The molecule has 0 saturated heterocycles. The highest BCUT2D eigenvalue weighted by atomic mass is 16.3. The van der Waals surface area contributed by atoms with Crippen molar-refractivity contribution in [1.29, 1.82) is 0 Å². The monoisotopic (exact) mass is 398 g/mol. The molecule has 2 saturated carbocycles. The van der Waals surface area contributed by atoms with E-state index in [1.54, 1.807) is 32.3 Å². The van der Waals surface area contributed by atoms with Gasteiger partial charge in [-0.25, -0.2) is 0 Å². The number of carbonyl (C=O) groups excluding carboxylic acids is 5. The Morgan fingerprint density at radius 3 is 2.41 bits per heavy atom. The first-order valence-electron chi connectivity index (χ1n) is 9.53. The standard InChI is InChI=1S/C21H22N2O6/c1-23(2)15-12-8-10-7-9-5-3-4-6-11(9)16(24)13(10)18(26)21(12,29)19(27)14(17(15)25)20(22)28/h3-6,10,12-15,29H,7-8H2,1-2H3,(H2,22,28). The normalized spacial score (nSPS) is 36.5. The highest BCUT2D eigenvalue weighted by Gasteiger charge is 2.69. The van der Waals surface area contributed by atoms with Crippen LogP contribution in [-0.2, 0) is 25.6 Å². The van der Waals surface area contributed by atoms with Crippen LogP contribution in [0.2, 0.25) is 0 Å². The van der Waals surface area contributed by atoms with E-state index >= 15 is 0 Å². The number of carbonyl (C=O) groups is 5. The second-order valence-electron chi connectivity index (χ2n) is 8.45. The molecule has 2 fully saturated rings. The van der Waals surface area contributed by atoms with E-state index in [4.69, 9.17) is 5.73 Å². The zero-order valence-corrected chi connectivity index (χ0v) is 16.1. The quantitative estimate of drug-likeness (QED) is 0.620. The average Bonchev–Trinajstić information content (AvgIpc) is 2.64. The van der Waals surface area contributed by atoms with Gasteiger partial charge in [0.05, 0.1) is 12.0 Å². The Morgan fingerprint density at radius 2 is 1.79 bits per heavy atom. The van der Waals surface area contributed by atoms with E-state index in [2.05, 4.69) is 0 Å². The lowest BCUT2D eigenvalue weighted by atomic mass is 9.52. The molecule has 0 bridgehead atoms. The third-order valence-electron chi connectivity index (χ3n) is 6.71.